The van der Waals surface area contributed by atoms with E-state index in [4.69, 9.17) is 0 Å². The fourth-order valence-corrected chi connectivity index (χ4v) is 2.30. The van der Waals surface area contributed by atoms with E-state index in [-0.39, 0.29) is 22.6 Å². The lowest BCUT2D eigenvalue weighted by Crippen LogP contribution is -2.13. The van der Waals surface area contributed by atoms with Crippen LogP contribution in [0.4, 0.5) is 10.1 Å². The lowest BCUT2D eigenvalue weighted by Gasteiger charge is -2.09. The number of benzene rings is 2. The number of rotatable bonds is 4. The molecule has 0 saturated carbocycles. The number of hydrogen-bond donors (Lipinski definition) is 1. The zero-order valence-electron chi connectivity index (χ0n) is 10.6. The van der Waals surface area contributed by atoms with Gasteiger partial charge >= 0.3 is 0 Å². The highest BCUT2D eigenvalue weighted by atomic mass is 32.2. The number of para-hydroxylation sites is 1. The quantitative estimate of drug-likeness (QED) is 0.881. The van der Waals surface area contributed by atoms with E-state index >= 15 is 0 Å². The first-order chi connectivity index (χ1) is 9.37. The Hall–Kier alpha value is -2.21. The fraction of sp³-hybridized carbons (Fsp3) is 0.0714. The number of carbonyl (C=O) groups is 1. The van der Waals surface area contributed by atoms with Gasteiger partial charge in [-0.1, -0.05) is 12.1 Å². The van der Waals surface area contributed by atoms with Crippen molar-refractivity contribution in [2.75, 3.05) is 11.0 Å². The Balaban J connectivity index is 2.42. The Labute approximate surface area is 116 Å². The van der Waals surface area contributed by atoms with Gasteiger partial charge in [-0.15, -0.1) is 0 Å². The highest BCUT2D eigenvalue weighted by Gasteiger charge is 2.15. The number of carbonyl (C=O) groups excluding carboxylic acids is 1. The van der Waals surface area contributed by atoms with Gasteiger partial charge in [-0.3, -0.25) is 9.52 Å². The molecule has 0 aliphatic heterocycles. The van der Waals surface area contributed by atoms with Gasteiger partial charge in [-0.05, 0) is 36.4 Å². The summed E-state index contributed by atoms with van der Waals surface area (Å²) in [6, 6.07) is 11.3. The molecule has 104 valence electrons. The van der Waals surface area contributed by atoms with Crippen LogP contribution in [0.5, 0.6) is 0 Å². The van der Waals surface area contributed by atoms with Crippen molar-refractivity contribution in [3.8, 4) is 0 Å². The van der Waals surface area contributed by atoms with Gasteiger partial charge in [0.05, 0.1) is 11.9 Å². The predicted molar refractivity (Wildman–Crippen MR) is 74.7 cm³/mol. The highest BCUT2D eigenvalue weighted by molar-refractivity contribution is 7.92. The van der Waals surface area contributed by atoms with Crippen molar-refractivity contribution in [1.29, 1.82) is 0 Å². The molecule has 1 N–H and O–H groups in total. The van der Waals surface area contributed by atoms with Gasteiger partial charge < -0.3 is 0 Å². The first kappa shape index (κ1) is 14.2. The second-order valence-corrected chi connectivity index (χ2v) is 6.00. The highest BCUT2D eigenvalue weighted by Crippen LogP contribution is 2.20. The van der Waals surface area contributed by atoms with Crippen LogP contribution in [0.2, 0.25) is 0 Å². The summed E-state index contributed by atoms with van der Waals surface area (Å²) < 4.78 is 37.7. The van der Waals surface area contributed by atoms with Crippen molar-refractivity contribution in [2.24, 2.45) is 0 Å². The summed E-state index contributed by atoms with van der Waals surface area (Å²) in [6.45, 7) is 0. The Kier molecular flexibility index (Phi) is 3.85. The molecule has 2 rings (SSSR count). The number of hydrogen-bond acceptors (Lipinski definition) is 3. The van der Waals surface area contributed by atoms with Crippen molar-refractivity contribution in [3.63, 3.8) is 0 Å². The number of anilines is 1. The van der Waals surface area contributed by atoms with Gasteiger partial charge in [0.25, 0.3) is 0 Å². The van der Waals surface area contributed by atoms with Gasteiger partial charge in [0.1, 0.15) is 5.82 Å². The minimum Gasteiger partial charge on any atom is -0.289 e. The van der Waals surface area contributed by atoms with Crippen LogP contribution in [0.3, 0.4) is 0 Å². The average molecular weight is 293 g/mol. The molecule has 0 amide bonds. The molecule has 0 unspecified atom stereocenters. The van der Waals surface area contributed by atoms with Crippen molar-refractivity contribution in [2.45, 2.75) is 0 Å². The molecule has 6 heteroatoms. The van der Waals surface area contributed by atoms with Crippen LogP contribution in [0, 0.1) is 5.82 Å². The lowest BCUT2D eigenvalue weighted by atomic mass is 10.0. The molecule has 0 bridgehead atoms. The molecule has 0 fully saturated rings. The summed E-state index contributed by atoms with van der Waals surface area (Å²) in [5.41, 5.74) is 0.697. The third-order valence-corrected chi connectivity index (χ3v) is 3.16. The minimum atomic E-state index is -3.48. The van der Waals surface area contributed by atoms with Gasteiger partial charge in [0, 0.05) is 11.1 Å². The van der Waals surface area contributed by atoms with Crippen molar-refractivity contribution >= 4 is 21.5 Å². The first-order valence-corrected chi connectivity index (χ1v) is 7.63. The second kappa shape index (κ2) is 5.42. The smallest absolute Gasteiger partial charge is 0.229 e. The molecule has 0 saturated heterocycles. The molecule has 0 heterocycles. The Bertz CT molecular complexity index is 739. The topological polar surface area (TPSA) is 63.2 Å². The van der Waals surface area contributed by atoms with Gasteiger partial charge in [-0.2, -0.15) is 0 Å². The van der Waals surface area contributed by atoms with Crippen LogP contribution in [-0.4, -0.2) is 20.5 Å². The molecule has 4 nitrogen and oxygen atoms in total. The molecular formula is C14H12FNO3S. The second-order valence-electron chi connectivity index (χ2n) is 4.26. The molecule has 20 heavy (non-hydrogen) atoms. The molecule has 0 aromatic heterocycles. The van der Waals surface area contributed by atoms with Gasteiger partial charge in [-0.25, -0.2) is 12.8 Å². The first-order valence-electron chi connectivity index (χ1n) is 5.74. The maximum atomic E-state index is 12.9. The standard InChI is InChI=1S/C14H12FNO3S/c1-20(18,19)16-13-5-3-2-4-12(13)14(17)10-6-8-11(15)9-7-10/h2-9,16H,1H3. The Morgan fingerprint density at radius 3 is 2.25 bits per heavy atom. The van der Waals surface area contributed by atoms with Crippen LogP contribution in [0.15, 0.2) is 48.5 Å². The maximum Gasteiger partial charge on any atom is 0.229 e. The fourth-order valence-electron chi connectivity index (χ4n) is 1.73. The van der Waals surface area contributed by atoms with Crippen molar-refractivity contribution in [1.82, 2.24) is 0 Å². The van der Waals surface area contributed by atoms with E-state index in [2.05, 4.69) is 4.72 Å². The number of sulfonamides is 1. The van der Waals surface area contributed by atoms with Crippen LogP contribution in [0.25, 0.3) is 0 Å². The Morgan fingerprint density at radius 2 is 1.65 bits per heavy atom. The van der Waals surface area contributed by atoms with Gasteiger partial charge in [0.15, 0.2) is 5.78 Å². The number of nitrogens with one attached hydrogen (secondary N) is 1. The number of ketones is 1. The molecule has 0 aliphatic rings. The van der Waals surface area contributed by atoms with E-state index in [0.717, 1.165) is 6.26 Å². The van der Waals surface area contributed by atoms with Gasteiger partial charge in [0.2, 0.25) is 10.0 Å². The summed E-state index contributed by atoms with van der Waals surface area (Å²) in [6.07, 6.45) is 1.01. The molecule has 2 aromatic carbocycles. The van der Waals surface area contributed by atoms with Crippen LogP contribution < -0.4 is 4.72 Å². The number of halogens is 1. The van der Waals surface area contributed by atoms with E-state index < -0.39 is 15.8 Å². The van der Waals surface area contributed by atoms with E-state index in [1.54, 1.807) is 12.1 Å². The predicted octanol–water partition coefficient (Wildman–Crippen LogP) is 2.43. The third kappa shape index (κ3) is 3.42. The molecule has 0 aliphatic carbocycles. The normalized spacial score (nSPS) is 11.1. The summed E-state index contributed by atoms with van der Waals surface area (Å²) in [4.78, 5) is 12.3. The van der Waals surface area contributed by atoms with Crippen LogP contribution in [-0.2, 0) is 10.0 Å². The summed E-state index contributed by atoms with van der Waals surface area (Å²) in [5.74, 6) is -0.819. The monoisotopic (exact) mass is 293 g/mol. The van der Waals surface area contributed by atoms with Crippen molar-refractivity contribution in [3.05, 3.63) is 65.5 Å². The SMILES string of the molecule is CS(=O)(=O)Nc1ccccc1C(=O)c1ccc(F)cc1. The summed E-state index contributed by atoms with van der Waals surface area (Å²) in [7, 11) is -3.48. The molecular weight excluding hydrogens is 281 g/mol. The molecule has 0 atom stereocenters. The van der Waals surface area contributed by atoms with E-state index in [9.17, 15) is 17.6 Å². The third-order valence-electron chi connectivity index (χ3n) is 2.57. The Morgan fingerprint density at radius 1 is 1.05 bits per heavy atom. The summed E-state index contributed by atoms with van der Waals surface area (Å²) in [5, 5.41) is 0. The zero-order chi connectivity index (χ0) is 14.8. The zero-order valence-corrected chi connectivity index (χ0v) is 11.4. The van der Waals surface area contributed by atoms with E-state index in [1.165, 1.54) is 36.4 Å². The molecule has 0 spiro atoms. The molecule has 2 aromatic rings. The minimum absolute atomic E-state index is 0.198. The van der Waals surface area contributed by atoms with Crippen LogP contribution >= 0.6 is 0 Å². The molecule has 0 radical (unpaired) electrons. The largest absolute Gasteiger partial charge is 0.289 e. The van der Waals surface area contributed by atoms with Crippen LogP contribution in [0.1, 0.15) is 15.9 Å². The average Bonchev–Trinajstić information content (AvgIpc) is 2.37. The maximum absolute atomic E-state index is 12.9. The van der Waals surface area contributed by atoms with E-state index in [1.807, 2.05) is 0 Å². The summed E-state index contributed by atoms with van der Waals surface area (Å²) >= 11 is 0. The lowest BCUT2D eigenvalue weighted by molar-refractivity contribution is 0.103. The van der Waals surface area contributed by atoms with Crippen molar-refractivity contribution < 1.29 is 17.6 Å². The van der Waals surface area contributed by atoms with E-state index in [0.29, 0.717) is 0 Å².